The van der Waals surface area contributed by atoms with E-state index in [1.54, 1.807) is 0 Å². The predicted molar refractivity (Wildman–Crippen MR) is 276 cm³/mol. The number of rotatable bonds is 5. The van der Waals surface area contributed by atoms with Crippen LogP contribution in [-0.4, -0.2) is 0 Å². The van der Waals surface area contributed by atoms with Crippen molar-refractivity contribution in [2.75, 3.05) is 9.80 Å². The summed E-state index contributed by atoms with van der Waals surface area (Å²) in [6, 6.07) is 63.0. The van der Waals surface area contributed by atoms with Gasteiger partial charge >= 0.3 is 0 Å². The first-order valence-electron chi connectivity index (χ1n) is 23.3. The fraction of sp³-hybridized carbons (Fsp3) is 0.226. The number of hydrogen-bond donors (Lipinski definition) is 0. The summed E-state index contributed by atoms with van der Waals surface area (Å²) in [5.74, 6) is 0. The zero-order valence-electron chi connectivity index (χ0n) is 39.5. The Kier molecular flexibility index (Phi) is 9.02. The Balaban J connectivity index is 1.08. The predicted octanol–water partition coefficient (Wildman–Crippen LogP) is 17.7. The highest BCUT2D eigenvalue weighted by Crippen LogP contribution is 2.61. The molecule has 0 N–H and O–H groups in total. The fourth-order valence-electron chi connectivity index (χ4n) is 10.6. The van der Waals surface area contributed by atoms with Gasteiger partial charge in [0.15, 0.2) is 5.58 Å². The third kappa shape index (κ3) is 6.45. The highest BCUT2D eigenvalue weighted by molar-refractivity contribution is 6.10. The Morgan fingerprint density at radius 3 is 1.45 bits per heavy atom. The lowest BCUT2D eigenvalue weighted by atomic mass is 9.64. The molecule has 1 aromatic heterocycles. The van der Waals surface area contributed by atoms with Crippen molar-refractivity contribution in [2.24, 2.45) is 0 Å². The van der Waals surface area contributed by atoms with Gasteiger partial charge in [0.05, 0.1) is 22.7 Å². The van der Waals surface area contributed by atoms with E-state index in [9.17, 15) is 0 Å². The number of anilines is 6. The van der Waals surface area contributed by atoms with Gasteiger partial charge in [-0.1, -0.05) is 178 Å². The molecule has 3 heterocycles. The molecule has 65 heavy (non-hydrogen) atoms. The first-order chi connectivity index (χ1) is 31.0. The molecule has 0 saturated carbocycles. The van der Waals surface area contributed by atoms with Gasteiger partial charge in [-0.15, -0.1) is 0 Å². The highest BCUT2D eigenvalue weighted by atomic mass is 16.3. The summed E-state index contributed by atoms with van der Waals surface area (Å²) in [7, 11) is 0. The van der Waals surface area contributed by atoms with Gasteiger partial charge in [-0.05, 0) is 127 Å². The van der Waals surface area contributed by atoms with E-state index in [0.29, 0.717) is 0 Å². The first kappa shape index (κ1) is 40.9. The molecule has 2 aliphatic rings. The van der Waals surface area contributed by atoms with Crippen LogP contribution in [-0.2, 0) is 21.7 Å². The molecule has 0 bridgehead atoms. The maximum atomic E-state index is 6.68. The van der Waals surface area contributed by atoms with E-state index < -0.39 is 0 Å². The maximum Gasteiger partial charge on any atom is 0.159 e. The van der Waals surface area contributed by atoms with E-state index in [1.807, 2.05) is 6.07 Å². The summed E-state index contributed by atoms with van der Waals surface area (Å²) in [5, 5.41) is 2.23. The Hall–Kier alpha value is -6.84. The number of benzene rings is 8. The summed E-state index contributed by atoms with van der Waals surface area (Å²) in [6.07, 6.45) is 0. The van der Waals surface area contributed by atoms with Crippen molar-refractivity contribution in [1.29, 1.82) is 0 Å². The quantitative estimate of drug-likeness (QED) is 0.172. The van der Waals surface area contributed by atoms with Crippen LogP contribution in [0.1, 0.15) is 103 Å². The second kappa shape index (κ2) is 14.3. The molecule has 0 spiro atoms. The molecule has 0 unspecified atom stereocenters. The number of fused-ring (bicyclic) bond motifs is 7. The number of nitrogens with zero attached hydrogens (tertiary/aromatic N) is 2. The Labute approximate surface area is 385 Å². The smallest absolute Gasteiger partial charge is 0.159 e. The van der Waals surface area contributed by atoms with Crippen LogP contribution in [0.15, 0.2) is 174 Å². The Morgan fingerprint density at radius 2 is 0.908 bits per heavy atom. The van der Waals surface area contributed by atoms with Crippen molar-refractivity contribution >= 4 is 56.1 Å². The second-order valence-electron chi connectivity index (χ2n) is 21.5. The van der Waals surface area contributed by atoms with E-state index in [2.05, 4.69) is 243 Å². The van der Waals surface area contributed by atoms with Gasteiger partial charge in [0.1, 0.15) is 5.58 Å². The molecular weight excluding hydrogens is 789 g/mol. The molecule has 2 aliphatic heterocycles. The summed E-state index contributed by atoms with van der Waals surface area (Å²) in [6.45, 7) is 23.7. The zero-order chi connectivity index (χ0) is 45.2. The van der Waals surface area contributed by atoms with Crippen LogP contribution in [0.25, 0.3) is 44.2 Å². The minimum Gasteiger partial charge on any atom is -0.454 e. The summed E-state index contributed by atoms with van der Waals surface area (Å²) < 4.78 is 6.68. The molecule has 11 rings (SSSR count). The highest BCUT2D eigenvalue weighted by Gasteiger charge is 2.46. The van der Waals surface area contributed by atoms with Crippen molar-refractivity contribution in [2.45, 2.75) is 90.9 Å². The van der Waals surface area contributed by atoms with Crippen LogP contribution >= 0.6 is 0 Å². The van der Waals surface area contributed by atoms with Crippen LogP contribution in [0.4, 0.5) is 34.1 Å². The molecule has 3 nitrogen and oxygen atoms in total. The van der Waals surface area contributed by atoms with Gasteiger partial charge in [-0.25, -0.2) is 0 Å². The lowest BCUT2D eigenvalue weighted by molar-refractivity contribution is 0.570. The van der Waals surface area contributed by atoms with Gasteiger partial charge in [0.2, 0.25) is 0 Å². The van der Waals surface area contributed by atoms with Gasteiger partial charge < -0.3 is 14.2 Å². The van der Waals surface area contributed by atoms with E-state index in [-0.39, 0.29) is 21.7 Å². The fourth-order valence-corrected chi connectivity index (χ4v) is 10.6. The van der Waals surface area contributed by atoms with E-state index in [4.69, 9.17) is 4.42 Å². The minimum atomic E-state index is -0.250. The molecule has 8 aromatic carbocycles. The zero-order valence-corrected chi connectivity index (χ0v) is 39.5. The summed E-state index contributed by atoms with van der Waals surface area (Å²) in [4.78, 5) is 4.94. The third-order valence-electron chi connectivity index (χ3n) is 14.5. The van der Waals surface area contributed by atoms with Gasteiger partial charge in [-0.2, -0.15) is 0 Å². The average molecular weight is 847 g/mol. The van der Waals surface area contributed by atoms with Crippen LogP contribution in [0, 0.1) is 0 Å². The average Bonchev–Trinajstić information content (AvgIpc) is 3.68. The van der Waals surface area contributed by atoms with Crippen LogP contribution in [0.5, 0.6) is 0 Å². The molecule has 0 atom stereocenters. The molecule has 9 aromatic rings. The number of hydrogen-bond acceptors (Lipinski definition) is 3. The van der Waals surface area contributed by atoms with Crippen molar-refractivity contribution in [1.82, 2.24) is 0 Å². The SMILES string of the molecule is CC(C)(C)c1ccc2c(c1)C(C)(C)c1cc(-c3ccc(N(c4ccc(-c5ccccc5)cc4)c4cccc5c4oc4ccccc45)cc3)cc3c1N2c1ccc(C(C)(C)C)cc1C3(C)C. The Morgan fingerprint density at radius 1 is 0.431 bits per heavy atom. The maximum absolute atomic E-state index is 6.68. The van der Waals surface area contributed by atoms with Crippen molar-refractivity contribution in [3.63, 3.8) is 0 Å². The van der Waals surface area contributed by atoms with E-state index in [0.717, 1.165) is 39.0 Å². The molecule has 0 saturated heterocycles. The minimum absolute atomic E-state index is 0.0251. The molecule has 3 heteroatoms. The summed E-state index contributed by atoms with van der Waals surface area (Å²) >= 11 is 0. The number of para-hydroxylation sites is 2. The largest absolute Gasteiger partial charge is 0.454 e. The lowest BCUT2D eigenvalue weighted by Gasteiger charge is -2.50. The molecular formula is C62H58N2O. The van der Waals surface area contributed by atoms with Crippen molar-refractivity contribution in [3.8, 4) is 22.3 Å². The van der Waals surface area contributed by atoms with E-state index in [1.165, 1.54) is 72.7 Å². The second-order valence-corrected chi connectivity index (χ2v) is 21.5. The monoisotopic (exact) mass is 846 g/mol. The van der Waals surface area contributed by atoms with Crippen LogP contribution in [0.2, 0.25) is 0 Å². The van der Waals surface area contributed by atoms with Gasteiger partial charge in [0.25, 0.3) is 0 Å². The van der Waals surface area contributed by atoms with Crippen molar-refractivity contribution in [3.05, 3.63) is 203 Å². The van der Waals surface area contributed by atoms with Gasteiger partial charge in [0, 0.05) is 33.0 Å². The standard InChI is InChI=1S/C62H58N2O/c1-59(2,3)43-27-33-53-49(37-43)61(7,8)51-35-42(36-52-57(51)64(53)54-34-28-44(60(4,5)6)38-50(54)62(52,9)10)41-25-31-46(32-26-41)63(45-29-23-40(24-30-45)39-17-12-11-13-18-39)55-21-16-20-48-47-19-14-15-22-56(47)65-58(48)55/h11-38H,1-10H3. The summed E-state index contributed by atoms with van der Waals surface area (Å²) in [5.41, 5.74) is 21.3. The van der Waals surface area contributed by atoms with Gasteiger partial charge in [-0.3, -0.25) is 0 Å². The molecule has 322 valence electrons. The molecule has 0 fully saturated rings. The van der Waals surface area contributed by atoms with Crippen LogP contribution < -0.4 is 9.80 Å². The molecule has 0 amide bonds. The number of furan rings is 1. The lowest BCUT2D eigenvalue weighted by Crippen LogP contribution is -2.38. The van der Waals surface area contributed by atoms with E-state index >= 15 is 0 Å². The molecule has 0 aliphatic carbocycles. The topological polar surface area (TPSA) is 19.6 Å². The molecule has 0 radical (unpaired) electrons. The Bertz CT molecular complexity index is 3220. The van der Waals surface area contributed by atoms with Crippen molar-refractivity contribution < 1.29 is 4.42 Å². The third-order valence-corrected chi connectivity index (χ3v) is 14.5. The van der Waals surface area contributed by atoms with Crippen LogP contribution in [0.3, 0.4) is 0 Å². The normalized spacial score (nSPS) is 14.8. The first-order valence-corrected chi connectivity index (χ1v) is 23.3.